The van der Waals surface area contributed by atoms with Crippen molar-refractivity contribution in [1.82, 2.24) is 19.9 Å². The first-order chi connectivity index (χ1) is 15.5. The van der Waals surface area contributed by atoms with Gasteiger partial charge in [-0.2, -0.15) is 10.1 Å². The van der Waals surface area contributed by atoms with Crippen molar-refractivity contribution in [3.8, 4) is 17.1 Å². The Bertz CT molecular complexity index is 1290. The van der Waals surface area contributed by atoms with Crippen LogP contribution in [0.5, 0.6) is 0 Å². The molecular weight excluding hydrogens is 426 g/mol. The summed E-state index contributed by atoms with van der Waals surface area (Å²) in [5, 5.41) is 12.2. The van der Waals surface area contributed by atoms with E-state index in [0.717, 1.165) is 41.2 Å². The predicted octanol–water partition coefficient (Wildman–Crippen LogP) is 5.71. The van der Waals surface area contributed by atoms with Gasteiger partial charge in [0.25, 0.3) is 5.91 Å². The lowest BCUT2D eigenvalue weighted by molar-refractivity contribution is 0.102. The molecule has 2 heterocycles. The number of nitrogens with one attached hydrogen (secondary N) is 1. The summed E-state index contributed by atoms with van der Waals surface area (Å²) >= 11 is 6.00. The van der Waals surface area contributed by atoms with E-state index in [-0.39, 0.29) is 5.91 Å². The highest BCUT2D eigenvalue weighted by molar-refractivity contribution is 6.30. The molecular formula is C24H22ClN5O2. The van der Waals surface area contributed by atoms with E-state index in [1.54, 1.807) is 23.0 Å². The standard InChI is InChI=1S/C24H22ClN5O2/c1-14-12-18(25)8-11-21(14)26-23(31)20-13-30(28-15(20)2)19-9-6-16(7-10-19)22-27-24(32-29-22)17-4-3-5-17/h6-13,17H,3-5H2,1-2H3,(H,26,31). The van der Waals surface area contributed by atoms with E-state index in [0.29, 0.717) is 28.0 Å². The molecule has 1 saturated carbocycles. The monoisotopic (exact) mass is 447 g/mol. The number of rotatable bonds is 5. The van der Waals surface area contributed by atoms with E-state index in [9.17, 15) is 4.79 Å². The molecule has 5 rings (SSSR count). The van der Waals surface area contributed by atoms with Gasteiger partial charge in [-0.25, -0.2) is 4.68 Å². The SMILES string of the molecule is Cc1cc(Cl)ccc1NC(=O)c1cn(-c2ccc(-c3noc(C4CCC4)n3)cc2)nc1C. The molecule has 7 nitrogen and oxygen atoms in total. The van der Waals surface area contributed by atoms with Gasteiger partial charge in [-0.15, -0.1) is 0 Å². The molecule has 2 aromatic carbocycles. The minimum atomic E-state index is -0.217. The van der Waals surface area contributed by atoms with Crippen molar-refractivity contribution in [2.24, 2.45) is 0 Å². The van der Waals surface area contributed by atoms with Crippen molar-refractivity contribution in [3.63, 3.8) is 0 Å². The molecule has 0 unspecified atom stereocenters. The third kappa shape index (κ3) is 3.91. The van der Waals surface area contributed by atoms with E-state index < -0.39 is 0 Å². The molecule has 0 aliphatic heterocycles. The summed E-state index contributed by atoms with van der Waals surface area (Å²) in [5.74, 6) is 1.51. The molecule has 1 fully saturated rings. The lowest BCUT2D eigenvalue weighted by Gasteiger charge is -2.20. The van der Waals surface area contributed by atoms with Crippen molar-refractivity contribution in [1.29, 1.82) is 0 Å². The summed E-state index contributed by atoms with van der Waals surface area (Å²) in [6.07, 6.45) is 5.19. The van der Waals surface area contributed by atoms with Crippen LogP contribution in [0.1, 0.15) is 52.7 Å². The summed E-state index contributed by atoms with van der Waals surface area (Å²) in [5.41, 5.74) is 4.48. The Hall–Kier alpha value is -3.45. The van der Waals surface area contributed by atoms with Crippen molar-refractivity contribution < 1.29 is 9.32 Å². The van der Waals surface area contributed by atoms with Crippen molar-refractivity contribution >= 4 is 23.2 Å². The molecule has 0 bridgehead atoms. The van der Waals surface area contributed by atoms with Gasteiger partial charge in [0, 0.05) is 28.4 Å². The van der Waals surface area contributed by atoms with Crippen LogP contribution in [0.15, 0.2) is 53.2 Å². The molecule has 0 atom stereocenters. The van der Waals surface area contributed by atoms with Crippen LogP contribution in [0.3, 0.4) is 0 Å². The quantitative estimate of drug-likeness (QED) is 0.423. The van der Waals surface area contributed by atoms with Crippen LogP contribution in [0.4, 0.5) is 5.69 Å². The molecule has 8 heteroatoms. The Kier molecular flexibility index (Phi) is 5.27. The van der Waals surface area contributed by atoms with Crippen LogP contribution >= 0.6 is 11.6 Å². The summed E-state index contributed by atoms with van der Waals surface area (Å²) in [6.45, 7) is 3.72. The molecule has 1 aliphatic carbocycles. The second-order valence-electron chi connectivity index (χ2n) is 8.12. The number of hydrogen-bond donors (Lipinski definition) is 1. The van der Waals surface area contributed by atoms with Crippen LogP contribution in [0.2, 0.25) is 5.02 Å². The minimum Gasteiger partial charge on any atom is -0.339 e. The third-order valence-corrected chi connectivity index (χ3v) is 6.10. The summed E-state index contributed by atoms with van der Waals surface area (Å²) in [6, 6.07) is 13.1. The Morgan fingerprint density at radius 1 is 1.16 bits per heavy atom. The third-order valence-electron chi connectivity index (χ3n) is 5.87. The molecule has 4 aromatic rings. The van der Waals surface area contributed by atoms with Gasteiger partial charge in [-0.1, -0.05) is 23.2 Å². The van der Waals surface area contributed by atoms with Gasteiger partial charge in [0.15, 0.2) is 0 Å². The van der Waals surface area contributed by atoms with Crippen LogP contribution in [0, 0.1) is 13.8 Å². The molecule has 0 spiro atoms. The fraction of sp³-hybridized carbons (Fsp3) is 0.250. The van der Waals surface area contributed by atoms with E-state index in [2.05, 4.69) is 20.6 Å². The Morgan fingerprint density at radius 3 is 2.62 bits per heavy atom. The lowest BCUT2D eigenvalue weighted by Crippen LogP contribution is -2.13. The van der Waals surface area contributed by atoms with Gasteiger partial charge in [0.2, 0.25) is 11.7 Å². The second kappa shape index (κ2) is 8.24. The van der Waals surface area contributed by atoms with Gasteiger partial charge in [0.1, 0.15) is 0 Å². The zero-order chi connectivity index (χ0) is 22.2. The number of aryl methyl sites for hydroxylation is 2. The maximum Gasteiger partial charge on any atom is 0.259 e. The van der Waals surface area contributed by atoms with Crippen molar-refractivity contribution in [2.45, 2.75) is 39.0 Å². The average Bonchev–Trinajstić information content (AvgIpc) is 3.36. The molecule has 0 saturated heterocycles. The smallest absolute Gasteiger partial charge is 0.259 e. The number of halogens is 1. The van der Waals surface area contributed by atoms with Gasteiger partial charge >= 0.3 is 0 Å². The summed E-state index contributed by atoms with van der Waals surface area (Å²) in [7, 11) is 0. The highest BCUT2D eigenvalue weighted by atomic mass is 35.5. The molecule has 32 heavy (non-hydrogen) atoms. The summed E-state index contributed by atoms with van der Waals surface area (Å²) < 4.78 is 7.11. The largest absolute Gasteiger partial charge is 0.339 e. The van der Waals surface area contributed by atoms with E-state index >= 15 is 0 Å². The fourth-order valence-corrected chi connectivity index (χ4v) is 3.94. The number of hydrogen-bond acceptors (Lipinski definition) is 5. The van der Waals surface area contributed by atoms with Gasteiger partial charge < -0.3 is 9.84 Å². The van der Waals surface area contributed by atoms with Crippen LogP contribution in [-0.4, -0.2) is 25.8 Å². The Morgan fingerprint density at radius 2 is 1.94 bits per heavy atom. The number of carbonyl (C=O) groups is 1. The Labute approximate surface area is 190 Å². The van der Waals surface area contributed by atoms with Gasteiger partial charge in [0.05, 0.1) is 16.9 Å². The number of carbonyl (C=O) groups excluding carboxylic acids is 1. The Balaban J connectivity index is 1.33. The number of aromatic nitrogens is 4. The topological polar surface area (TPSA) is 85.8 Å². The van der Waals surface area contributed by atoms with E-state index in [4.69, 9.17) is 16.1 Å². The van der Waals surface area contributed by atoms with Crippen molar-refractivity contribution in [3.05, 3.63) is 76.4 Å². The molecule has 162 valence electrons. The number of anilines is 1. The normalized spacial score (nSPS) is 13.7. The number of amides is 1. The van der Waals surface area contributed by atoms with Gasteiger partial charge in [-0.05, 0) is 74.7 Å². The molecule has 1 amide bonds. The molecule has 1 aliphatic rings. The van der Waals surface area contributed by atoms with Crippen LogP contribution in [0.25, 0.3) is 17.1 Å². The molecule has 1 N–H and O–H groups in total. The highest BCUT2D eigenvalue weighted by Gasteiger charge is 2.25. The maximum absolute atomic E-state index is 12.8. The fourth-order valence-electron chi connectivity index (χ4n) is 3.71. The van der Waals surface area contributed by atoms with E-state index in [1.165, 1.54) is 6.42 Å². The maximum atomic E-state index is 12.8. The first-order valence-corrected chi connectivity index (χ1v) is 10.9. The lowest BCUT2D eigenvalue weighted by atomic mass is 9.85. The second-order valence-corrected chi connectivity index (χ2v) is 8.55. The van der Waals surface area contributed by atoms with Crippen LogP contribution < -0.4 is 5.32 Å². The zero-order valence-electron chi connectivity index (χ0n) is 17.8. The minimum absolute atomic E-state index is 0.217. The summed E-state index contributed by atoms with van der Waals surface area (Å²) in [4.78, 5) is 17.4. The molecule has 2 aromatic heterocycles. The first-order valence-electron chi connectivity index (χ1n) is 10.6. The molecule has 0 radical (unpaired) electrons. The predicted molar refractivity (Wildman–Crippen MR) is 122 cm³/mol. The first kappa shape index (κ1) is 20.5. The van der Waals surface area contributed by atoms with Crippen LogP contribution in [-0.2, 0) is 0 Å². The number of nitrogens with zero attached hydrogens (tertiary/aromatic N) is 4. The van der Waals surface area contributed by atoms with E-state index in [1.807, 2.05) is 44.2 Å². The zero-order valence-corrected chi connectivity index (χ0v) is 18.6. The average molecular weight is 448 g/mol. The van der Waals surface area contributed by atoms with Crippen molar-refractivity contribution in [2.75, 3.05) is 5.32 Å². The number of benzene rings is 2. The highest BCUT2D eigenvalue weighted by Crippen LogP contribution is 2.36. The van der Waals surface area contributed by atoms with Gasteiger partial charge in [-0.3, -0.25) is 4.79 Å².